The summed E-state index contributed by atoms with van der Waals surface area (Å²) >= 11 is 6.16. The topological polar surface area (TPSA) is 56.5 Å². The Balaban J connectivity index is 1.61. The van der Waals surface area contributed by atoms with Crippen LogP contribution in [0.3, 0.4) is 0 Å². The largest absolute Gasteiger partial charge is 0.429 e. The van der Waals surface area contributed by atoms with Crippen LogP contribution in [0.2, 0.25) is 5.02 Å². The minimum Gasteiger partial charge on any atom is -0.332 e. The molecule has 4 nitrogen and oxygen atoms in total. The van der Waals surface area contributed by atoms with Crippen molar-refractivity contribution in [3.8, 4) is 0 Å². The highest BCUT2D eigenvalue weighted by molar-refractivity contribution is 6.33. The monoisotopic (exact) mass is 511 g/mol. The van der Waals surface area contributed by atoms with E-state index in [-0.39, 0.29) is 22.7 Å². The van der Waals surface area contributed by atoms with Gasteiger partial charge in [-0.1, -0.05) is 65.7 Å². The van der Waals surface area contributed by atoms with Crippen molar-refractivity contribution >= 4 is 34.6 Å². The van der Waals surface area contributed by atoms with Crippen molar-refractivity contribution in [1.29, 1.82) is 5.41 Å². The van der Waals surface area contributed by atoms with Gasteiger partial charge in [0.25, 0.3) is 5.91 Å². The Kier molecular flexibility index (Phi) is 7.59. The van der Waals surface area contributed by atoms with Crippen LogP contribution < -0.4 is 0 Å². The van der Waals surface area contributed by atoms with Crippen LogP contribution in [-0.4, -0.2) is 35.0 Å². The number of aryl methyl sites for hydroxylation is 1. The number of benzene rings is 3. The molecule has 0 radical (unpaired) electrons. The normalized spacial score (nSPS) is 16.3. The number of rotatable bonds is 6. The lowest BCUT2D eigenvalue weighted by molar-refractivity contribution is -0.0605. The van der Waals surface area contributed by atoms with Gasteiger partial charge in [-0.15, -0.1) is 0 Å². The minimum atomic E-state index is -4.77. The summed E-state index contributed by atoms with van der Waals surface area (Å²) in [7, 11) is 0. The van der Waals surface area contributed by atoms with Gasteiger partial charge in [-0.25, -0.2) is 0 Å². The summed E-state index contributed by atoms with van der Waals surface area (Å²) in [5, 5.41) is 7.77. The number of aliphatic imine (C=N–C) groups is 1. The quantitative estimate of drug-likeness (QED) is 0.338. The van der Waals surface area contributed by atoms with Crippen LogP contribution in [-0.2, 0) is 0 Å². The van der Waals surface area contributed by atoms with Gasteiger partial charge in [0.2, 0.25) is 0 Å². The number of carbonyl (C=O) groups excluding carboxylic acids is 1. The van der Waals surface area contributed by atoms with E-state index < -0.39 is 18.3 Å². The van der Waals surface area contributed by atoms with Gasteiger partial charge < -0.3 is 10.3 Å². The molecule has 1 fully saturated rings. The Morgan fingerprint density at radius 3 is 2.42 bits per heavy atom. The van der Waals surface area contributed by atoms with Gasteiger partial charge in [0.15, 0.2) is 0 Å². The highest BCUT2D eigenvalue weighted by Gasteiger charge is 2.35. The first-order valence-corrected chi connectivity index (χ1v) is 12.0. The first-order valence-electron chi connectivity index (χ1n) is 11.6. The summed E-state index contributed by atoms with van der Waals surface area (Å²) in [4.78, 5) is 19.5. The number of likely N-dealkylation sites (tertiary alicyclic amines) is 1. The van der Waals surface area contributed by atoms with E-state index in [2.05, 4.69) is 11.1 Å². The lowest BCUT2D eigenvalue weighted by atomic mass is 10.0. The SMILES string of the molecule is Cc1cccc(C2CCCN2C(=O)c2ccc(C(CC(=N)C(F)(F)F)=Nc3ccccc3Cl)cc2)c1. The molecular formula is C28H25ClF3N3O. The molecule has 3 aromatic carbocycles. The summed E-state index contributed by atoms with van der Waals surface area (Å²) in [5.41, 5.74) is 2.00. The van der Waals surface area contributed by atoms with Crippen LogP contribution in [0.4, 0.5) is 18.9 Å². The van der Waals surface area contributed by atoms with Crippen molar-refractivity contribution in [3.63, 3.8) is 0 Å². The number of hydrogen-bond acceptors (Lipinski definition) is 3. The predicted octanol–water partition coefficient (Wildman–Crippen LogP) is 7.72. The lowest BCUT2D eigenvalue weighted by Crippen LogP contribution is -2.30. The molecular weight excluding hydrogens is 487 g/mol. The summed E-state index contributed by atoms with van der Waals surface area (Å²) in [5.74, 6) is -0.127. The molecule has 1 saturated heterocycles. The molecule has 186 valence electrons. The molecule has 36 heavy (non-hydrogen) atoms. The summed E-state index contributed by atoms with van der Waals surface area (Å²) < 4.78 is 39.4. The van der Waals surface area contributed by atoms with Crippen LogP contribution in [0.25, 0.3) is 0 Å². The Labute approximate surface area is 212 Å². The molecule has 0 spiro atoms. The Morgan fingerprint density at radius 2 is 1.75 bits per heavy atom. The third-order valence-electron chi connectivity index (χ3n) is 6.20. The number of halogens is 4. The van der Waals surface area contributed by atoms with Gasteiger partial charge in [0.05, 0.1) is 22.5 Å². The fourth-order valence-corrected chi connectivity index (χ4v) is 4.54. The van der Waals surface area contributed by atoms with Crippen molar-refractivity contribution < 1.29 is 18.0 Å². The van der Waals surface area contributed by atoms with Crippen molar-refractivity contribution in [3.05, 3.63) is 100 Å². The fraction of sp³-hybridized carbons (Fsp3) is 0.250. The molecule has 0 aliphatic carbocycles. The molecule has 1 aliphatic heterocycles. The highest BCUT2D eigenvalue weighted by Crippen LogP contribution is 2.34. The molecule has 0 saturated carbocycles. The second kappa shape index (κ2) is 10.7. The fourth-order valence-electron chi connectivity index (χ4n) is 4.37. The van der Waals surface area contributed by atoms with Crippen LogP contribution in [0.15, 0.2) is 77.8 Å². The van der Waals surface area contributed by atoms with Crippen molar-refractivity contribution in [1.82, 2.24) is 4.90 Å². The average molecular weight is 512 g/mol. The van der Waals surface area contributed by atoms with Gasteiger partial charge in [-0.05, 0) is 55.2 Å². The maximum Gasteiger partial charge on any atom is 0.429 e. The number of carbonyl (C=O) groups is 1. The number of para-hydroxylation sites is 1. The van der Waals surface area contributed by atoms with Gasteiger partial charge >= 0.3 is 6.18 Å². The predicted molar refractivity (Wildman–Crippen MR) is 137 cm³/mol. The number of nitrogens with zero attached hydrogens (tertiary/aromatic N) is 2. The van der Waals surface area contributed by atoms with Crippen LogP contribution in [0, 0.1) is 12.3 Å². The van der Waals surface area contributed by atoms with Crippen molar-refractivity contribution in [2.45, 2.75) is 38.4 Å². The second-order valence-electron chi connectivity index (χ2n) is 8.81. The van der Waals surface area contributed by atoms with Crippen LogP contribution in [0.1, 0.15) is 52.4 Å². The molecule has 1 atom stereocenters. The maximum atomic E-state index is 13.3. The highest BCUT2D eigenvalue weighted by atomic mass is 35.5. The van der Waals surface area contributed by atoms with Crippen LogP contribution >= 0.6 is 11.6 Å². The molecule has 1 unspecified atom stereocenters. The van der Waals surface area contributed by atoms with E-state index in [1.165, 1.54) is 0 Å². The van der Waals surface area contributed by atoms with Gasteiger partial charge in [-0.2, -0.15) is 13.2 Å². The number of alkyl halides is 3. The summed E-state index contributed by atoms with van der Waals surface area (Å²) in [6.45, 7) is 2.66. The van der Waals surface area contributed by atoms with Crippen LogP contribution in [0.5, 0.6) is 0 Å². The molecule has 1 N–H and O–H groups in total. The zero-order valence-corrected chi connectivity index (χ0v) is 20.4. The number of amides is 1. The molecule has 0 aromatic heterocycles. The van der Waals surface area contributed by atoms with E-state index in [4.69, 9.17) is 17.0 Å². The van der Waals surface area contributed by atoms with Gasteiger partial charge in [0.1, 0.15) is 5.71 Å². The smallest absolute Gasteiger partial charge is 0.332 e. The number of nitrogens with one attached hydrogen (secondary N) is 1. The number of hydrogen-bond donors (Lipinski definition) is 1. The first kappa shape index (κ1) is 25.6. The molecule has 8 heteroatoms. The van der Waals surface area contributed by atoms with E-state index in [0.29, 0.717) is 23.4 Å². The van der Waals surface area contributed by atoms with Crippen molar-refractivity contribution in [2.75, 3.05) is 6.54 Å². The zero-order chi connectivity index (χ0) is 25.9. The Morgan fingerprint density at radius 1 is 1.06 bits per heavy atom. The molecule has 1 amide bonds. The minimum absolute atomic E-state index is 0.0123. The second-order valence-corrected chi connectivity index (χ2v) is 9.22. The molecule has 4 rings (SSSR count). The third kappa shape index (κ3) is 5.85. The molecule has 1 aliphatic rings. The maximum absolute atomic E-state index is 13.3. The van der Waals surface area contributed by atoms with E-state index in [0.717, 1.165) is 24.0 Å². The van der Waals surface area contributed by atoms with Crippen molar-refractivity contribution in [2.24, 2.45) is 4.99 Å². The van der Waals surface area contributed by atoms with Gasteiger partial charge in [0, 0.05) is 18.5 Å². The molecule has 0 bridgehead atoms. The van der Waals surface area contributed by atoms with E-state index in [1.54, 1.807) is 48.5 Å². The lowest BCUT2D eigenvalue weighted by Gasteiger charge is -2.25. The zero-order valence-electron chi connectivity index (χ0n) is 19.6. The molecule has 1 heterocycles. The summed E-state index contributed by atoms with van der Waals surface area (Å²) in [6.07, 6.45) is -3.71. The van der Waals surface area contributed by atoms with E-state index in [9.17, 15) is 18.0 Å². The third-order valence-corrected chi connectivity index (χ3v) is 6.52. The first-order chi connectivity index (χ1) is 17.1. The van der Waals surface area contributed by atoms with Gasteiger partial charge in [-0.3, -0.25) is 9.79 Å². The Hall–Kier alpha value is -3.45. The average Bonchev–Trinajstić information content (AvgIpc) is 3.34. The van der Waals surface area contributed by atoms with E-state index >= 15 is 0 Å². The Bertz CT molecular complexity index is 1300. The van der Waals surface area contributed by atoms with E-state index in [1.807, 2.05) is 30.0 Å². The molecule has 3 aromatic rings. The standard InChI is InChI=1S/C28H25ClF3N3O/c1-18-6-4-7-21(16-18)25-10-5-15-35(25)27(36)20-13-11-19(12-14-20)24(17-26(33)28(30,31)32)34-23-9-3-2-8-22(23)29/h2-4,6-9,11-14,16,25,33H,5,10,15,17H2,1H3. The summed E-state index contributed by atoms with van der Waals surface area (Å²) in [6, 6.07) is 21.0.